The number of hydrogen-bond acceptors (Lipinski definition) is 4. The van der Waals surface area contributed by atoms with Gasteiger partial charge in [-0.25, -0.2) is 0 Å². The number of carbonyl (C=O) groups is 1. The van der Waals surface area contributed by atoms with Gasteiger partial charge in [-0.2, -0.15) is 13.2 Å². The molecule has 5 nitrogen and oxygen atoms in total. The van der Waals surface area contributed by atoms with E-state index in [0.717, 1.165) is 78.3 Å². The molecule has 0 unspecified atom stereocenters. The van der Waals surface area contributed by atoms with Crippen molar-refractivity contribution in [1.82, 2.24) is 10.2 Å². The van der Waals surface area contributed by atoms with Gasteiger partial charge in [0, 0.05) is 31.9 Å². The molecule has 1 amide bonds. The quantitative estimate of drug-likeness (QED) is 0.191. The van der Waals surface area contributed by atoms with Crippen molar-refractivity contribution in [3.8, 4) is 28.0 Å². The van der Waals surface area contributed by atoms with Gasteiger partial charge >= 0.3 is 6.18 Å². The molecule has 1 aliphatic carbocycles. The van der Waals surface area contributed by atoms with Gasteiger partial charge in [0.15, 0.2) is 0 Å². The normalized spacial score (nSPS) is 15.8. The third-order valence-electron chi connectivity index (χ3n) is 9.16. The molecular weight excluding hydrogens is 575 g/mol. The fraction of sp³-hybridized carbons (Fsp3) is 0.324. The minimum atomic E-state index is -4.48. The Morgan fingerprint density at radius 3 is 2.07 bits per heavy atom. The van der Waals surface area contributed by atoms with Crippen LogP contribution in [-0.2, 0) is 10.2 Å². The molecule has 1 saturated heterocycles. The van der Waals surface area contributed by atoms with E-state index in [-0.39, 0.29) is 0 Å². The topological polar surface area (TPSA) is 44.8 Å². The third kappa shape index (κ3) is 6.43. The van der Waals surface area contributed by atoms with Crippen molar-refractivity contribution in [1.29, 1.82) is 0 Å². The number of ether oxygens (including phenoxy) is 1. The lowest BCUT2D eigenvalue weighted by atomic mass is 9.73. The van der Waals surface area contributed by atoms with Crippen LogP contribution in [-0.4, -0.2) is 63.4 Å². The van der Waals surface area contributed by atoms with E-state index in [4.69, 9.17) is 4.74 Å². The smallest absolute Gasteiger partial charge is 0.405 e. The van der Waals surface area contributed by atoms with Crippen LogP contribution in [0.4, 0.5) is 18.9 Å². The largest absolute Gasteiger partial charge is 0.497 e. The van der Waals surface area contributed by atoms with Crippen LogP contribution >= 0.6 is 0 Å². The summed E-state index contributed by atoms with van der Waals surface area (Å²) >= 11 is 0. The molecular formula is C37H38F3N3O2. The Hall–Kier alpha value is -4.30. The molecule has 0 saturated carbocycles. The molecule has 234 valence electrons. The summed E-state index contributed by atoms with van der Waals surface area (Å²) in [5, 5.41) is 2.23. The van der Waals surface area contributed by atoms with Gasteiger partial charge in [-0.05, 0) is 77.0 Å². The second-order valence-electron chi connectivity index (χ2n) is 11.9. The zero-order valence-corrected chi connectivity index (χ0v) is 25.4. The first-order valence-corrected chi connectivity index (χ1v) is 15.5. The molecule has 4 aromatic rings. The molecule has 1 N–H and O–H groups in total. The Bertz CT molecular complexity index is 1600. The number of amides is 1. The molecule has 6 rings (SSSR count). The molecule has 0 spiro atoms. The predicted octanol–water partition coefficient (Wildman–Crippen LogP) is 7.30. The molecule has 1 aliphatic heterocycles. The minimum Gasteiger partial charge on any atom is -0.497 e. The number of hydrogen-bond donors (Lipinski definition) is 1. The Morgan fingerprint density at radius 2 is 1.42 bits per heavy atom. The number of anilines is 1. The van der Waals surface area contributed by atoms with Crippen molar-refractivity contribution in [2.45, 2.75) is 30.9 Å². The number of unbranched alkanes of at least 4 members (excludes halogenated alkanes) is 1. The summed E-state index contributed by atoms with van der Waals surface area (Å²) in [5.41, 5.74) is 5.73. The van der Waals surface area contributed by atoms with Gasteiger partial charge in [0.25, 0.3) is 0 Å². The van der Waals surface area contributed by atoms with E-state index in [9.17, 15) is 18.0 Å². The Labute approximate surface area is 262 Å². The SMILES string of the molecule is COc1cccc(-c2cccc(N3CCN(CCCCC4(C(=O)NCC(F)(F)F)c5ccccc5-c5ccccc54)CC3)c2)c1. The predicted molar refractivity (Wildman–Crippen MR) is 173 cm³/mol. The molecule has 45 heavy (non-hydrogen) atoms. The standard InChI is InChI=1S/C37H38F3N3O2/c1-45-30-13-9-11-28(25-30)27-10-8-12-29(24-27)43-22-20-42(21-23-43)19-7-6-18-36(35(44)41-26-37(38,39)40)33-16-4-2-14-31(33)32-15-3-5-17-34(32)36/h2-5,8-17,24-25H,6-7,18-23,26H2,1H3,(H,41,44). The zero-order chi connectivity index (χ0) is 31.4. The highest BCUT2D eigenvalue weighted by molar-refractivity contribution is 6.00. The molecule has 0 radical (unpaired) electrons. The lowest BCUT2D eigenvalue weighted by Gasteiger charge is -2.36. The molecule has 0 atom stereocenters. The fourth-order valence-electron chi connectivity index (χ4n) is 6.92. The van der Waals surface area contributed by atoms with Gasteiger partial charge in [0.1, 0.15) is 17.7 Å². The van der Waals surface area contributed by atoms with E-state index in [1.807, 2.05) is 66.7 Å². The summed E-state index contributed by atoms with van der Waals surface area (Å²) in [6.45, 7) is 3.20. The Kier molecular flexibility index (Phi) is 8.85. The van der Waals surface area contributed by atoms with E-state index in [1.165, 1.54) is 5.69 Å². The maximum atomic E-state index is 13.7. The average molecular weight is 614 g/mol. The number of carbonyl (C=O) groups excluding carboxylic acids is 1. The number of nitrogens with zero attached hydrogens (tertiary/aromatic N) is 2. The monoisotopic (exact) mass is 613 g/mol. The zero-order valence-electron chi connectivity index (χ0n) is 25.4. The van der Waals surface area contributed by atoms with E-state index in [1.54, 1.807) is 7.11 Å². The molecule has 1 fully saturated rings. The molecule has 0 bridgehead atoms. The number of halogens is 3. The van der Waals surface area contributed by atoms with Gasteiger partial charge in [-0.1, -0.05) is 79.2 Å². The van der Waals surface area contributed by atoms with Crippen LogP contribution in [0.3, 0.4) is 0 Å². The first-order valence-electron chi connectivity index (χ1n) is 15.5. The van der Waals surface area contributed by atoms with Crippen LogP contribution in [0, 0.1) is 0 Å². The van der Waals surface area contributed by atoms with Crippen molar-refractivity contribution >= 4 is 11.6 Å². The number of methoxy groups -OCH3 is 1. The van der Waals surface area contributed by atoms with E-state index < -0.39 is 24.0 Å². The van der Waals surface area contributed by atoms with Crippen molar-refractivity contribution in [3.05, 3.63) is 108 Å². The van der Waals surface area contributed by atoms with Crippen molar-refractivity contribution < 1.29 is 22.7 Å². The van der Waals surface area contributed by atoms with Crippen molar-refractivity contribution in [3.63, 3.8) is 0 Å². The van der Waals surface area contributed by atoms with Gasteiger partial charge in [-0.3, -0.25) is 9.69 Å². The van der Waals surface area contributed by atoms with Gasteiger partial charge in [0.05, 0.1) is 7.11 Å². The van der Waals surface area contributed by atoms with Crippen molar-refractivity contribution in [2.75, 3.05) is 51.3 Å². The Balaban J connectivity index is 1.09. The van der Waals surface area contributed by atoms with Crippen LogP contribution in [0.15, 0.2) is 97.1 Å². The van der Waals surface area contributed by atoms with Gasteiger partial charge < -0.3 is 15.0 Å². The highest BCUT2D eigenvalue weighted by atomic mass is 19.4. The lowest BCUT2D eigenvalue weighted by molar-refractivity contribution is -0.141. The summed E-state index contributed by atoms with van der Waals surface area (Å²) in [4.78, 5) is 18.6. The second kappa shape index (κ2) is 13.0. The summed E-state index contributed by atoms with van der Waals surface area (Å²) in [6.07, 6.45) is -2.47. The number of rotatable bonds is 10. The fourth-order valence-corrected chi connectivity index (χ4v) is 6.92. The van der Waals surface area contributed by atoms with Crippen LogP contribution < -0.4 is 15.0 Å². The molecule has 2 aliphatic rings. The minimum absolute atomic E-state index is 0.446. The first-order chi connectivity index (χ1) is 21.8. The van der Waals surface area contributed by atoms with Gasteiger partial charge in [-0.15, -0.1) is 0 Å². The number of piperazine rings is 1. The Morgan fingerprint density at radius 1 is 0.800 bits per heavy atom. The second-order valence-corrected chi connectivity index (χ2v) is 11.9. The summed E-state index contributed by atoms with van der Waals surface area (Å²) in [7, 11) is 1.68. The third-order valence-corrected chi connectivity index (χ3v) is 9.16. The number of nitrogens with one attached hydrogen (secondary N) is 1. The van der Waals surface area contributed by atoms with E-state index in [2.05, 4.69) is 45.4 Å². The highest BCUT2D eigenvalue weighted by Crippen LogP contribution is 2.51. The van der Waals surface area contributed by atoms with Crippen LogP contribution in [0.5, 0.6) is 5.75 Å². The van der Waals surface area contributed by atoms with Crippen LogP contribution in [0.25, 0.3) is 22.3 Å². The maximum absolute atomic E-state index is 13.7. The molecule has 0 aromatic heterocycles. The maximum Gasteiger partial charge on any atom is 0.405 e. The van der Waals surface area contributed by atoms with Crippen LogP contribution in [0.1, 0.15) is 30.4 Å². The van der Waals surface area contributed by atoms with E-state index in [0.29, 0.717) is 12.8 Å². The summed E-state index contributed by atoms with van der Waals surface area (Å²) < 4.78 is 44.9. The average Bonchev–Trinajstić information content (AvgIpc) is 3.36. The summed E-state index contributed by atoms with van der Waals surface area (Å²) in [5.74, 6) is 0.253. The van der Waals surface area contributed by atoms with E-state index >= 15 is 0 Å². The molecule has 4 aromatic carbocycles. The van der Waals surface area contributed by atoms with Gasteiger partial charge in [0.2, 0.25) is 5.91 Å². The van der Waals surface area contributed by atoms with Crippen LogP contribution in [0.2, 0.25) is 0 Å². The lowest BCUT2D eigenvalue weighted by Crippen LogP contribution is -2.47. The highest BCUT2D eigenvalue weighted by Gasteiger charge is 2.49. The number of fused-ring (bicyclic) bond motifs is 3. The molecule has 8 heteroatoms. The first kappa shape index (κ1) is 30.7. The number of alkyl halides is 3. The number of benzene rings is 4. The summed E-state index contributed by atoms with van der Waals surface area (Å²) in [6, 6.07) is 31.9. The van der Waals surface area contributed by atoms with Crippen molar-refractivity contribution in [2.24, 2.45) is 0 Å². The molecule has 1 heterocycles.